The number of ether oxygens (including phenoxy) is 1. The number of thiophene rings is 1. The Balaban J connectivity index is 1.50. The van der Waals surface area contributed by atoms with E-state index >= 15 is 0 Å². The summed E-state index contributed by atoms with van der Waals surface area (Å²) >= 11 is 7.45. The number of aliphatic hydroxyl groups is 1. The number of anilines is 2. The number of carbonyl (C=O) groups excluding carboxylic acids is 1. The molecular weight excluding hydrogens is 500 g/mol. The number of fused-ring (bicyclic) bond motifs is 2. The van der Waals surface area contributed by atoms with Crippen LogP contribution in [0.3, 0.4) is 0 Å². The van der Waals surface area contributed by atoms with Crippen molar-refractivity contribution in [1.29, 1.82) is 0 Å². The minimum Gasteiger partial charge on any atom is -0.484 e. The third-order valence-corrected chi connectivity index (χ3v) is 8.27. The Morgan fingerprint density at radius 2 is 2.09 bits per heavy atom. The highest BCUT2D eigenvalue weighted by Crippen LogP contribution is 2.42. The van der Waals surface area contributed by atoms with Gasteiger partial charge in [-0.1, -0.05) is 17.7 Å². The third kappa shape index (κ3) is 4.61. The van der Waals surface area contributed by atoms with Crippen LogP contribution in [0.15, 0.2) is 30.3 Å². The summed E-state index contributed by atoms with van der Waals surface area (Å²) in [5.74, 6) is 0.983. The van der Waals surface area contributed by atoms with E-state index in [2.05, 4.69) is 10.3 Å². The zero-order valence-corrected chi connectivity index (χ0v) is 20.3. The lowest BCUT2D eigenvalue weighted by Gasteiger charge is -2.22. The average Bonchev–Trinajstić information content (AvgIpc) is 3.50. The molecule has 0 saturated carbocycles. The first-order valence-electron chi connectivity index (χ1n) is 10.6. The van der Waals surface area contributed by atoms with Crippen molar-refractivity contribution in [2.24, 2.45) is 0 Å². The molecule has 12 heteroatoms. The normalized spacial score (nSPS) is 15.8. The van der Waals surface area contributed by atoms with E-state index < -0.39 is 9.84 Å². The Bertz CT molecular complexity index is 1380. The monoisotopic (exact) mass is 520 g/mol. The molecule has 0 fully saturated rings. The van der Waals surface area contributed by atoms with Gasteiger partial charge in [0.15, 0.2) is 22.3 Å². The number of amides is 1. The van der Waals surface area contributed by atoms with Gasteiger partial charge in [0, 0.05) is 30.4 Å². The van der Waals surface area contributed by atoms with Crippen LogP contribution in [-0.4, -0.2) is 55.7 Å². The molecule has 0 saturated heterocycles. The van der Waals surface area contributed by atoms with Gasteiger partial charge in [-0.15, -0.1) is 11.3 Å². The van der Waals surface area contributed by atoms with Crippen LogP contribution in [0.4, 0.5) is 11.5 Å². The number of nitrogens with one attached hydrogen (secondary N) is 1. The first-order valence-corrected chi connectivity index (χ1v) is 13.6. The molecule has 178 valence electrons. The van der Waals surface area contributed by atoms with Gasteiger partial charge in [0.1, 0.15) is 11.6 Å². The van der Waals surface area contributed by atoms with Crippen LogP contribution in [0.25, 0.3) is 10.7 Å². The summed E-state index contributed by atoms with van der Waals surface area (Å²) in [6.07, 6.45) is 0.762. The molecule has 9 nitrogen and oxygen atoms in total. The maximum atomic E-state index is 12.5. The number of aromatic nitrogens is 2. The topological polar surface area (TPSA) is 122 Å². The molecule has 0 atom stereocenters. The van der Waals surface area contributed by atoms with Crippen molar-refractivity contribution in [2.75, 3.05) is 31.2 Å². The second-order valence-corrected chi connectivity index (χ2v) is 11.8. The molecule has 0 bridgehead atoms. The Morgan fingerprint density at radius 1 is 1.24 bits per heavy atom. The average molecular weight is 521 g/mol. The highest BCUT2D eigenvalue weighted by molar-refractivity contribution is 7.90. The molecule has 1 amide bonds. The van der Waals surface area contributed by atoms with Crippen LogP contribution in [-0.2, 0) is 32.6 Å². The number of carbonyl (C=O) groups is 1. The van der Waals surface area contributed by atoms with Crippen molar-refractivity contribution >= 4 is 50.2 Å². The van der Waals surface area contributed by atoms with E-state index in [1.54, 1.807) is 12.1 Å². The van der Waals surface area contributed by atoms with Crippen LogP contribution in [0.2, 0.25) is 4.34 Å². The lowest BCUT2D eigenvalue weighted by molar-refractivity contribution is -0.123. The molecule has 2 aliphatic heterocycles. The van der Waals surface area contributed by atoms with Crippen molar-refractivity contribution in [3.8, 4) is 16.5 Å². The summed E-state index contributed by atoms with van der Waals surface area (Å²) in [4.78, 5) is 23.9. The maximum absolute atomic E-state index is 12.5. The zero-order chi connectivity index (χ0) is 23.9. The van der Waals surface area contributed by atoms with E-state index in [0.29, 0.717) is 39.5 Å². The number of aliphatic hydroxyl groups excluding tert-OH is 1. The van der Waals surface area contributed by atoms with Crippen LogP contribution in [0.1, 0.15) is 16.8 Å². The van der Waals surface area contributed by atoms with Crippen molar-refractivity contribution in [3.05, 3.63) is 51.5 Å². The fraction of sp³-hybridized carbons (Fsp3) is 0.318. The first kappa shape index (κ1) is 23.0. The predicted octanol–water partition coefficient (Wildman–Crippen LogP) is 2.47. The van der Waals surface area contributed by atoms with E-state index in [9.17, 15) is 13.2 Å². The second-order valence-electron chi connectivity index (χ2n) is 7.99. The van der Waals surface area contributed by atoms with Gasteiger partial charge in [-0.05, 0) is 30.2 Å². The first-order chi connectivity index (χ1) is 16.3. The third-order valence-electron chi connectivity index (χ3n) is 5.60. The Labute approximate surface area is 205 Å². The summed E-state index contributed by atoms with van der Waals surface area (Å²) in [7, 11) is -3.30. The van der Waals surface area contributed by atoms with Crippen molar-refractivity contribution in [1.82, 2.24) is 15.3 Å². The molecule has 0 spiro atoms. The van der Waals surface area contributed by atoms with Gasteiger partial charge in [0.25, 0.3) is 5.91 Å². The minimum absolute atomic E-state index is 0.101. The quantitative estimate of drug-likeness (QED) is 0.487. The smallest absolute Gasteiger partial charge is 0.258 e. The molecule has 0 radical (unpaired) electrons. The molecule has 2 N–H and O–H groups in total. The summed E-state index contributed by atoms with van der Waals surface area (Å²) in [6.45, 7) is 0.477. The minimum atomic E-state index is -3.30. The van der Waals surface area contributed by atoms with E-state index in [-0.39, 0.29) is 37.2 Å². The van der Waals surface area contributed by atoms with Gasteiger partial charge >= 0.3 is 0 Å². The van der Waals surface area contributed by atoms with Crippen molar-refractivity contribution < 1.29 is 23.1 Å². The Kier molecular flexibility index (Phi) is 6.19. The maximum Gasteiger partial charge on any atom is 0.258 e. The molecule has 0 aliphatic carbocycles. The van der Waals surface area contributed by atoms with Gasteiger partial charge in [0.05, 0.1) is 33.0 Å². The lowest BCUT2D eigenvalue weighted by atomic mass is 10.1. The highest BCUT2D eigenvalue weighted by Gasteiger charge is 2.34. The van der Waals surface area contributed by atoms with Crippen molar-refractivity contribution in [2.45, 2.75) is 17.9 Å². The summed E-state index contributed by atoms with van der Waals surface area (Å²) in [5, 5.41) is 11.4. The molecule has 0 unspecified atom stereocenters. The molecule has 34 heavy (non-hydrogen) atoms. The Morgan fingerprint density at radius 3 is 2.85 bits per heavy atom. The number of nitrogens with zero attached hydrogens (tertiary/aromatic N) is 3. The van der Waals surface area contributed by atoms with Crippen LogP contribution in [0, 0.1) is 0 Å². The fourth-order valence-corrected chi connectivity index (χ4v) is 6.57. The van der Waals surface area contributed by atoms with Gasteiger partial charge in [-0.2, -0.15) is 0 Å². The number of rotatable bonds is 7. The van der Waals surface area contributed by atoms with Crippen molar-refractivity contribution in [3.63, 3.8) is 0 Å². The second kappa shape index (κ2) is 9.14. The molecule has 2 aromatic heterocycles. The van der Waals surface area contributed by atoms with Crippen LogP contribution < -0.4 is 15.0 Å². The molecule has 1 aromatic carbocycles. The molecular formula is C22H21ClN4O5S2. The number of hydrogen-bond donors (Lipinski definition) is 2. The largest absolute Gasteiger partial charge is 0.484 e. The van der Waals surface area contributed by atoms with E-state index in [4.69, 9.17) is 26.4 Å². The zero-order valence-electron chi connectivity index (χ0n) is 18.0. The van der Waals surface area contributed by atoms with E-state index in [1.165, 1.54) is 11.3 Å². The summed E-state index contributed by atoms with van der Waals surface area (Å²) in [6, 6.07) is 9.17. The molecule has 3 aromatic rings. The number of halogens is 1. The fourth-order valence-electron chi connectivity index (χ4n) is 4.10. The highest BCUT2D eigenvalue weighted by atomic mass is 35.5. The Hall–Kier alpha value is -2.73. The number of benzene rings is 1. The van der Waals surface area contributed by atoms with Gasteiger partial charge in [-0.3, -0.25) is 4.79 Å². The van der Waals surface area contributed by atoms with Gasteiger partial charge in [0.2, 0.25) is 0 Å². The van der Waals surface area contributed by atoms with Crippen LogP contribution >= 0.6 is 22.9 Å². The SMILES string of the molecule is O=C(COc1ccc2c(c1)N(c1nc(-c3ccc(Cl)s3)nc3c1CS(=O)(=O)C3)CC2)NCCO. The molecule has 2 aliphatic rings. The summed E-state index contributed by atoms with van der Waals surface area (Å²) < 4.78 is 31.1. The van der Waals surface area contributed by atoms with Gasteiger partial charge in [-0.25, -0.2) is 18.4 Å². The number of hydrogen-bond acceptors (Lipinski definition) is 9. The van der Waals surface area contributed by atoms with E-state index in [0.717, 1.165) is 22.5 Å². The van der Waals surface area contributed by atoms with Crippen LogP contribution in [0.5, 0.6) is 5.75 Å². The van der Waals surface area contributed by atoms with E-state index in [1.807, 2.05) is 23.1 Å². The van der Waals surface area contributed by atoms with Gasteiger partial charge < -0.3 is 20.1 Å². The lowest BCUT2D eigenvalue weighted by Crippen LogP contribution is -2.31. The summed E-state index contributed by atoms with van der Waals surface area (Å²) in [5.41, 5.74) is 3.07. The number of sulfone groups is 1. The predicted molar refractivity (Wildman–Crippen MR) is 129 cm³/mol. The molecule has 4 heterocycles. The molecule has 5 rings (SSSR count). The standard InChI is InChI=1S/C22H21ClN4O5S2/c23-19-4-3-18(33-19)21-25-16-12-34(30,31)11-15(16)22(26-21)27-7-5-13-1-2-14(9-17(13)27)32-10-20(29)24-6-8-28/h1-4,9,28H,5-8,10-12H2,(H,24,29).